The molecule has 0 fully saturated rings. The van der Waals surface area contributed by atoms with Gasteiger partial charge in [0.15, 0.2) is 0 Å². The van der Waals surface area contributed by atoms with Gasteiger partial charge in [-0.05, 0) is 18.6 Å². The summed E-state index contributed by atoms with van der Waals surface area (Å²) in [5.74, 6) is 1.18. The van der Waals surface area contributed by atoms with Gasteiger partial charge in [0.2, 0.25) is 0 Å². The third kappa shape index (κ3) is 2.38. The Morgan fingerprint density at radius 1 is 1.50 bits per heavy atom. The molecule has 0 aliphatic heterocycles. The van der Waals surface area contributed by atoms with Crippen LogP contribution in [0.2, 0.25) is 0 Å². The van der Waals surface area contributed by atoms with Crippen molar-refractivity contribution < 1.29 is 0 Å². The van der Waals surface area contributed by atoms with E-state index in [0.717, 1.165) is 18.6 Å². The van der Waals surface area contributed by atoms with Gasteiger partial charge in [-0.15, -0.1) is 0 Å². The number of alkyl halides is 1. The third-order valence-electron chi connectivity index (χ3n) is 2.66. The van der Waals surface area contributed by atoms with Crippen LogP contribution >= 0.6 is 15.9 Å². The molecule has 2 heterocycles. The zero-order valence-corrected chi connectivity index (χ0v) is 11.2. The summed E-state index contributed by atoms with van der Waals surface area (Å²) < 4.78 is 2.11. The van der Waals surface area contributed by atoms with Crippen LogP contribution < -0.4 is 4.90 Å². The predicted octanol–water partition coefficient (Wildman–Crippen LogP) is 2.94. The minimum absolute atomic E-state index is 0.553. The van der Waals surface area contributed by atoms with E-state index in [4.69, 9.17) is 0 Å². The fourth-order valence-corrected chi connectivity index (χ4v) is 1.93. The lowest BCUT2D eigenvalue weighted by atomic mass is 10.3. The van der Waals surface area contributed by atoms with Crippen LogP contribution in [0, 0.1) is 0 Å². The van der Waals surface area contributed by atoms with E-state index in [2.05, 4.69) is 50.3 Å². The van der Waals surface area contributed by atoms with Gasteiger partial charge in [0.05, 0.1) is 0 Å². The van der Waals surface area contributed by atoms with E-state index in [-0.39, 0.29) is 0 Å². The van der Waals surface area contributed by atoms with Crippen LogP contribution in [-0.4, -0.2) is 27.8 Å². The number of aromatic nitrogens is 2. The highest BCUT2D eigenvalue weighted by molar-refractivity contribution is 9.09. The van der Waals surface area contributed by atoms with Crippen LogP contribution in [0.4, 0.5) is 5.82 Å². The van der Waals surface area contributed by atoms with Crippen LogP contribution in [0.3, 0.4) is 0 Å². The van der Waals surface area contributed by atoms with Gasteiger partial charge >= 0.3 is 0 Å². The monoisotopic (exact) mass is 281 g/mol. The second-order valence-electron chi connectivity index (χ2n) is 4.03. The van der Waals surface area contributed by atoms with Crippen molar-refractivity contribution in [3.05, 3.63) is 30.6 Å². The third-order valence-corrected chi connectivity index (χ3v) is 3.12. The molecule has 2 rings (SSSR count). The fourth-order valence-electron chi connectivity index (χ4n) is 1.73. The van der Waals surface area contributed by atoms with Gasteiger partial charge in [-0.2, -0.15) is 0 Å². The van der Waals surface area contributed by atoms with Crippen molar-refractivity contribution in [3.63, 3.8) is 0 Å². The van der Waals surface area contributed by atoms with Gasteiger partial charge in [-0.25, -0.2) is 4.98 Å². The Morgan fingerprint density at radius 3 is 3.06 bits per heavy atom. The smallest absolute Gasteiger partial charge is 0.138 e. The SMILES string of the molecule is CC(Br)CCN(C)c1cccc2nccn12. The van der Waals surface area contributed by atoms with E-state index in [1.165, 1.54) is 5.82 Å². The number of hydrogen-bond acceptors (Lipinski definition) is 2. The quantitative estimate of drug-likeness (QED) is 0.804. The first-order valence-electron chi connectivity index (χ1n) is 5.46. The van der Waals surface area contributed by atoms with Crippen molar-refractivity contribution >= 4 is 27.4 Å². The first-order chi connectivity index (χ1) is 7.68. The first-order valence-corrected chi connectivity index (χ1v) is 6.37. The number of rotatable bonds is 4. The molecule has 0 aliphatic carbocycles. The van der Waals surface area contributed by atoms with Crippen LogP contribution in [0.5, 0.6) is 0 Å². The first kappa shape index (κ1) is 11.5. The molecule has 1 unspecified atom stereocenters. The normalized spacial score (nSPS) is 12.9. The van der Waals surface area contributed by atoms with E-state index >= 15 is 0 Å². The average Bonchev–Trinajstić information content (AvgIpc) is 2.73. The van der Waals surface area contributed by atoms with Crippen molar-refractivity contribution in [1.29, 1.82) is 0 Å². The topological polar surface area (TPSA) is 20.5 Å². The molecule has 3 nitrogen and oxygen atoms in total. The molecule has 0 amide bonds. The van der Waals surface area contributed by atoms with E-state index in [1.54, 1.807) is 0 Å². The second-order valence-corrected chi connectivity index (χ2v) is 5.59. The van der Waals surface area contributed by atoms with Crippen molar-refractivity contribution in [2.75, 3.05) is 18.5 Å². The summed E-state index contributed by atoms with van der Waals surface area (Å²) in [6.45, 7) is 3.20. The minimum atomic E-state index is 0.553. The van der Waals surface area contributed by atoms with Gasteiger partial charge in [-0.3, -0.25) is 4.40 Å². The molecule has 0 aromatic carbocycles. The summed E-state index contributed by atoms with van der Waals surface area (Å²) in [5, 5.41) is 0. The number of halogens is 1. The average molecular weight is 282 g/mol. The number of anilines is 1. The van der Waals surface area contributed by atoms with E-state index < -0.39 is 0 Å². The highest BCUT2D eigenvalue weighted by Gasteiger charge is 2.06. The van der Waals surface area contributed by atoms with E-state index in [9.17, 15) is 0 Å². The maximum atomic E-state index is 4.28. The molecule has 2 aromatic rings. The van der Waals surface area contributed by atoms with Crippen LogP contribution in [0.25, 0.3) is 5.65 Å². The Hall–Kier alpha value is -1.03. The summed E-state index contributed by atoms with van der Waals surface area (Å²) in [6.07, 6.45) is 4.96. The van der Waals surface area contributed by atoms with E-state index in [1.807, 2.05) is 24.5 Å². The molecule has 1 atom stereocenters. The largest absolute Gasteiger partial charge is 0.361 e. The maximum Gasteiger partial charge on any atom is 0.138 e. The molecule has 0 radical (unpaired) electrons. The van der Waals surface area contributed by atoms with Crippen LogP contribution in [0.1, 0.15) is 13.3 Å². The zero-order chi connectivity index (χ0) is 11.5. The molecule has 2 aromatic heterocycles. The number of pyridine rings is 1. The second kappa shape index (κ2) is 4.87. The van der Waals surface area contributed by atoms with Gasteiger partial charge in [0.1, 0.15) is 11.5 Å². The number of imidazole rings is 1. The molecule has 0 bridgehead atoms. The molecular formula is C12H16BrN3. The lowest BCUT2D eigenvalue weighted by Crippen LogP contribution is -2.22. The molecule has 0 saturated carbocycles. The van der Waals surface area contributed by atoms with Crippen molar-refractivity contribution in [3.8, 4) is 0 Å². The molecule has 4 heteroatoms. The summed E-state index contributed by atoms with van der Waals surface area (Å²) in [5.41, 5.74) is 0.997. The molecule has 0 spiro atoms. The molecule has 0 aliphatic rings. The Morgan fingerprint density at radius 2 is 2.31 bits per heavy atom. The minimum Gasteiger partial charge on any atom is -0.361 e. The lowest BCUT2D eigenvalue weighted by molar-refractivity contribution is 0.774. The number of hydrogen-bond donors (Lipinski definition) is 0. The Balaban J connectivity index is 2.22. The van der Waals surface area contributed by atoms with Crippen molar-refractivity contribution in [2.24, 2.45) is 0 Å². The van der Waals surface area contributed by atoms with Crippen LogP contribution in [0.15, 0.2) is 30.6 Å². The van der Waals surface area contributed by atoms with Crippen LogP contribution in [-0.2, 0) is 0 Å². The molecule has 16 heavy (non-hydrogen) atoms. The predicted molar refractivity (Wildman–Crippen MR) is 71.5 cm³/mol. The highest BCUT2D eigenvalue weighted by Crippen LogP contribution is 2.16. The molecule has 86 valence electrons. The number of fused-ring (bicyclic) bond motifs is 1. The van der Waals surface area contributed by atoms with Gasteiger partial charge in [0.25, 0.3) is 0 Å². The maximum absolute atomic E-state index is 4.28. The Kier molecular flexibility index (Phi) is 3.49. The Bertz CT molecular complexity index is 464. The fraction of sp³-hybridized carbons (Fsp3) is 0.417. The molecular weight excluding hydrogens is 266 g/mol. The van der Waals surface area contributed by atoms with Crippen molar-refractivity contribution in [2.45, 2.75) is 18.2 Å². The summed E-state index contributed by atoms with van der Waals surface area (Å²) in [6, 6.07) is 6.18. The summed E-state index contributed by atoms with van der Waals surface area (Å²) in [4.78, 5) is 7.09. The summed E-state index contributed by atoms with van der Waals surface area (Å²) >= 11 is 3.57. The molecule has 0 N–H and O–H groups in total. The molecule has 0 saturated heterocycles. The lowest BCUT2D eigenvalue weighted by Gasteiger charge is -2.21. The highest BCUT2D eigenvalue weighted by atomic mass is 79.9. The van der Waals surface area contributed by atoms with Gasteiger partial charge in [0, 0.05) is 30.8 Å². The van der Waals surface area contributed by atoms with E-state index in [0.29, 0.717) is 4.83 Å². The zero-order valence-electron chi connectivity index (χ0n) is 9.60. The number of nitrogens with zero attached hydrogens (tertiary/aromatic N) is 3. The van der Waals surface area contributed by atoms with Gasteiger partial charge in [-0.1, -0.05) is 28.9 Å². The standard InChI is InChI=1S/C12H16BrN3/c1-10(13)6-8-15(2)12-5-3-4-11-14-7-9-16(11)12/h3-5,7,9-10H,6,8H2,1-2H3. The summed E-state index contributed by atoms with van der Waals surface area (Å²) in [7, 11) is 2.12. The van der Waals surface area contributed by atoms with Crippen molar-refractivity contribution in [1.82, 2.24) is 9.38 Å². The Labute approximate surface area is 104 Å². The van der Waals surface area contributed by atoms with Gasteiger partial charge < -0.3 is 4.90 Å².